The van der Waals surface area contributed by atoms with E-state index in [2.05, 4.69) is 5.32 Å². The van der Waals surface area contributed by atoms with Crippen molar-refractivity contribution in [2.45, 2.75) is 20.0 Å². The number of para-hydroxylation sites is 1. The molecule has 6 nitrogen and oxygen atoms in total. The van der Waals surface area contributed by atoms with Crippen LogP contribution in [0.25, 0.3) is 21.9 Å². The molecule has 1 aromatic heterocycles. The van der Waals surface area contributed by atoms with E-state index in [4.69, 9.17) is 16.3 Å². The van der Waals surface area contributed by atoms with Gasteiger partial charge in [0.2, 0.25) is 0 Å². The van der Waals surface area contributed by atoms with Crippen molar-refractivity contribution in [2.75, 3.05) is 5.32 Å². The molecule has 0 aliphatic rings. The average molecular weight is 475 g/mol. The molecular weight excluding hydrogens is 452 g/mol. The third-order valence-electron chi connectivity index (χ3n) is 5.69. The number of nitrogens with one attached hydrogen (secondary N) is 1. The SMILES string of the molecule is Cc1ccccc1NC(=O)C(C)OC(=O)c1c(-c2ccc(Cl)cc2)c2ccccc2c(=O)n1C. The van der Waals surface area contributed by atoms with Crippen LogP contribution in [0.2, 0.25) is 5.02 Å². The number of aromatic nitrogens is 1. The molecule has 0 saturated carbocycles. The number of benzene rings is 3. The minimum absolute atomic E-state index is 0.0570. The van der Waals surface area contributed by atoms with Gasteiger partial charge in [-0.05, 0) is 54.6 Å². The Morgan fingerprint density at radius 2 is 1.56 bits per heavy atom. The molecule has 0 bridgehead atoms. The third kappa shape index (κ3) is 4.45. The molecule has 34 heavy (non-hydrogen) atoms. The van der Waals surface area contributed by atoms with Gasteiger partial charge in [0.1, 0.15) is 5.69 Å². The second-order valence-corrected chi connectivity index (χ2v) is 8.43. The van der Waals surface area contributed by atoms with Crippen molar-refractivity contribution in [3.63, 3.8) is 0 Å². The first kappa shape index (κ1) is 23.3. The topological polar surface area (TPSA) is 77.4 Å². The lowest BCUT2D eigenvalue weighted by molar-refractivity contribution is -0.123. The minimum Gasteiger partial charge on any atom is -0.448 e. The van der Waals surface area contributed by atoms with Crippen molar-refractivity contribution in [2.24, 2.45) is 7.05 Å². The van der Waals surface area contributed by atoms with Crippen molar-refractivity contribution in [3.05, 3.63) is 99.4 Å². The van der Waals surface area contributed by atoms with Crippen LogP contribution in [0.1, 0.15) is 23.0 Å². The van der Waals surface area contributed by atoms with E-state index in [0.717, 1.165) is 5.56 Å². The summed E-state index contributed by atoms with van der Waals surface area (Å²) in [6, 6.07) is 21.4. The summed E-state index contributed by atoms with van der Waals surface area (Å²) in [5.74, 6) is -1.25. The molecule has 3 aromatic carbocycles. The normalized spacial score (nSPS) is 11.8. The van der Waals surface area contributed by atoms with Gasteiger partial charge in [0, 0.05) is 28.7 Å². The molecule has 0 radical (unpaired) electrons. The van der Waals surface area contributed by atoms with Crippen molar-refractivity contribution in [3.8, 4) is 11.1 Å². The molecule has 1 unspecified atom stereocenters. The van der Waals surface area contributed by atoms with Gasteiger partial charge in [0.05, 0.1) is 0 Å². The average Bonchev–Trinajstić information content (AvgIpc) is 2.83. The highest BCUT2D eigenvalue weighted by Gasteiger charge is 2.26. The number of carbonyl (C=O) groups excluding carboxylic acids is 2. The molecular formula is C27H23ClN2O4. The number of halogens is 1. The van der Waals surface area contributed by atoms with E-state index in [1.54, 1.807) is 54.6 Å². The van der Waals surface area contributed by atoms with E-state index >= 15 is 0 Å². The summed E-state index contributed by atoms with van der Waals surface area (Å²) < 4.78 is 6.81. The Labute approximate surface area is 201 Å². The molecule has 0 aliphatic carbocycles. The van der Waals surface area contributed by atoms with Crippen LogP contribution in [0.5, 0.6) is 0 Å². The van der Waals surface area contributed by atoms with Gasteiger partial charge in [-0.25, -0.2) is 4.79 Å². The minimum atomic E-state index is -1.09. The van der Waals surface area contributed by atoms with Crippen molar-refractivity contribution in [1.82, 2.24) is 4.57 Å². The molecule has 172 valence electrons. The number of ether oxygens (including phenoxy) is 1. The van der Waals surface area contributed by atoms with Crippen LogP contribution in [0, 0.1) is 6.92 Å². The Morgan fingerprint density at radius 3 is 2.24 bits per heavy atom. The number of amides is 1. The number of nitrogens with zero attached hydrogens (tertiary/aromatic N) is 1. The summed E-state index contributed by atoms with van der Waals surface area (Å²) in [7, 11) is 1.52. The van der Waals surface area contributed by atoms with Crippen molar-refractivity contribution >= 4 is 39.9 Å². The number of esters is 1. The van der Waals surface area contributed by atoms with Gasteiger partial charge in [-0.2, -0.15) is 0 Å². The largest absolute Gasteiger partial charge is 0.448 e. The van der Waals surface area contributed by atoms with Crippen LogP contribution < -0.4 is 10.9 Å². The molecule has 0 spiro atoms. The van der Waals surface area contributed by atoms with E-state index in [1.165, 1.54) is 18.5 Å². The molecule has 1 N–H and O–H groups in total. The summed E-state index contributed by atoms with van der Waals surface area (Å²) >= 11 is 6.07. The first-order valence-electron chi connectivity index (χ1n) is 10.7. The lowest BCUT2D eigenvalue weighted by Crippen LogP contribution is -2.33. The molecule has 1 heterocycles. The second-order valence-electron chi connectivity index (χ2n) is 7.99. The molecule has 4 rings (SSSR count). The van der Waals surface area contributed by atoms with Gasteiger partial charge in [-0.1, -0.05) is 60.1 Å². The van der Waals surface area contributed by atoms with Crippen molar-refractivity contribution in [1.29, 1.82) is 0 Å². The second kappa shape index (κ2) is 9.53. The molecule has 4 aromatic rings. The predicted octanol–water partition coefficient (Wildman–Crippen LogP) is 5.35. The summed E-state index contributed by atoms with van der Waals surface area (Å²) in [5, 5.41) is 4.40. The van der Waals surface area contributed by atoms with Crippen LogP contribution in [-0.2, 0) is 16.6 Å². The third-order valence-corrected chi connectivity index (χ3v) is 5.94. The summed E-state index contributed by atoms with van der Waals surface area (Å²) in [6.45, 7) is 3.36. The number of hydrogen-bond donors (Lipinski definition) is 1. The highest BCUT2D eigenvalue weighted by Crippen LogP contribution is 2.32. The summed E-state index contributed by atoms with van der Waals surface area (Å²) in [5.41, 5.74) is 2.47. The van der Waals surface area contributed by atoms with E-state index in [-0.39, 0.29) is 11.3 Å². The van der Waals surface area contributed by atoms with Crippen LogP contribution in [0.4, 0.5) is 5.69 Å². The van der Waals surface area contributed by atoms with Gasteiger partial charge in [0.25, 0.3) is 11.5 Å². The van der Waals surface area contributed by atoms with E-state index in [1.807, 2.05) is 25.1 Å². The maximum Gasteiger partial charge on any atom is 0.356 e. The molecule has 0 aliphatic heterocycles. The zero-order valence-corrected chi connectivity index (χ0v) is 19.7. The fourth-order valence-corrected chi connectivity index (χ4v) is 3.96. The molecule has 1 atom stereocenters. The van der Waals surface area contributed by atoms with Crippen LogP contribution >= 0.6 is 11.6 Å². The monoisotopic (exact) mass is 474 g/mol. The van der Waals surface area contributed by atoms with Crippen LogP contribution in [-0.4, -0.2) is 22.5 Å². The van der Waals surface area contributed by atoms with E-state index in [0.29, 0.717) is 32.6 Å². The molecule has 1 amide bonds. The number of carbonyl (C=O) groups is 2. The Morgan fingerprint density at radius 1 is 0.941 bits per heavy atom. The standard InChI is InChI=1S/C27H23ClN2O4/c1-16-8-4-7-11-22(16)29-25(31)17(2)34-27(33)24-23(18-12-14-19(28)15-13-18)20-9-5-6-10-21(20)26(32)30(24)3/h4-15,17H,1-3H3,(H,29,31). The Hall–Kier alpha value is -3.90. The number of fused-ring (bicyclic) bond motifs is 1. The molecule has 7 heteroatoms. The van der Waals surface area contributed by atoms with Gasteiger partial charge >= 0.3 is 5.97 Å². The Bertz CT molecular complexity index is 1460. The number of aryl methyl sites for hydroxylation is 1. The zero-order valence-electron chi connectivity index (χ0n) is 19.0. The maximum atomic E-state index is 13.4. The first-order valence-corrected chi connectivity index (χ1v) is 11.1. The summed E-state index contributed by atoms with van der Waals surface area (Å²) in [6.07, 6.45) is -1.09. The lowest BCUT2D eigenvalue weighted by atomic mass is 9.96. The van der Waals surface area contributed by atoms with Gasteiger partial charge in [-0.15, -0.1) is 0 Å². The summed E-state index contributed by atoms with van der Waals surface area (Å²) in [4.78, 5) is 39.1. The fourth-order valence-electron chi connectivity index (χ4n) is 3.83. The number of rotatable bonds is 5. The van der Waals surface area contributed by atoms with Crippen molar-refractivity contribution < 1.29 is 14.3 Å². The van der Waals surface area contributed by atoms with Gasteiger partial charge in [0.15, 0.2) is 6.10 Å². The van der Waals surface area contributed by atoms with Gasteiger partial charge < -0.3 is 14.6 Å². The van der Waals surface area contributed by atoms with E-state index in [9.17, 15) is 14.4 Å². The number of pyridine rings is 1. The molecule has 0 fully saturated rings. The quantitative estimate of drug-likeness (QED) is 0.395. The smallest absolute Gasteiger partial charge is 0.356 e. The number of anilines is 1. The Balaban J connectivity index is 1.75. The lowest BCUT2D eigenvalue weighted by Gasteiger charge is -2.19. The number of hydrogen-bond acceptors (Lipinski definition) is 4. The highest BCUT2D eigenvalue weighted by molar-refractivity contribution is 6.30. The first-order chi connectivity index (χ1) is 16.3. The van der Waals surface area contributed by atoms with Gasteiger partial charge in [-0.3, -0.25) is 9.59 Å². The molecule has 0 saturated heterocycles. The van der Waals surface area contributed by atoms with Crippen LogP contribution in [0.3, 0.4) is 0 Å². The fraction of sp³-hybridized carbons (Fsp3) is 0.148. The zero-order chi connectivity index (χ0) is 24.4. The van der Waals surface area contributed by atoms with E-state index < -0.39 is 18.0 Å². The highest BCUT2D eigenvalue weighted by atomic mass is 35.5. The maximum absolute atomic E-state index is 13.4. The predicted molar refractivity (Wildman–Crippen MR) is 134 cm³/mol. The Kier molecular flexibility index (Phi) is 6.52. The van der Waals surface area contributed by atoms with Crippen LogP contribution in [0.15, 0.2) is 77.6 Å².